The highest BCUT2D eigenvalue weighted by atomic mass is 127. The van der Waals surface area contributed by atoms with Crippen molar-refractivity contribution in [3.05, 3.63) is 35.6 Å². The third-order valence-corrected chi connectivity index (χ3v) is 3.97. The van der Waals surface area contributed by atoms with E-state index >= 15 is 0 Å². The quantitative estimate of drug-likeness (QED) is 0.280. The average Bonchev–Trinajstić information content (AvgIpc) is 2.94. The monoisotopic (exact) mass is 488 g/mol. The minimum absolute atomic E-state index is 0. The highest BCUT2D eigenvalue weighted by Crippen LogP contribution is 2.19. The molecule has 0 aromatic heterocycles. The number of benzene rings is 1. The summed E-state index contributed by atoms with van der Waals surface area (Å²) in [6.45, 7) is 2.81. The highest BCUT2D eigenvalue weighted by molar-refractivity contribution is 14.0. The molecule has 1 aromatic carbocycles. The molecular weight excluding hydrogens is 463 g/mol. The molecule has 0 radical (unpaired) electrons. The van der Waals surface area contributed by atoms with E-state index in [9.17, 15) is 17.6 Å². The molecule has 1 unspecified atom stereocenters. The van der Waals surface area contributed by atoms with Crippen LogP contribution >= 0.6 is 24.0 Å². The third kappa shape index (κ3) is 8.07. The van der Waals surface area contributed by atoms with Crippen LogP contribution in [0.4, 0.5) is 17.6 Å². The smallest absolute Gasteiger partial charge is 0.357 e. The van der Waals surface area contributed by atoms with Crippen LogP contribution in [0.5, 0.6) is 0 Å². The van der Waals surface area contributed by atoms with Gasteiger partial charge in [-0.25, -0.2) is 4.39 Å². The molecule has 0 amide bonds. The number of nitrogens with zero attached hydrogens (tertiary/aromatic N) is 2. The van der Waals surface area contributed by atoms with Crippen LogP contribution in [-0.2, 0) is 6.42 Å². The van der Waals surface area contributed by atoms with Crippen molar-refractivity contribution in [3.8, 4) is 0 Å². The van der Waals surface area contributed by atoms with Gasteiger partial charge in [-0.15, -0.1) is 24.0 Å². The van der Waals surface area contributed by atoms with Crippen LogP contribution in [0.25, 0.3) is 0 Å². The molecule has 4 nitrogen and oxygen atoms in total. The lowest BCUT2D eigenvalue weighted by molar-refractivity contribution is -0.143. The van der Waals surface area contributed by atoms with Gasteiger partial charge in [-0.05, 0) is 31.4 Å². The summed E-state index contributed by atoms with van der Waals surface area (Å²) in [6.07, 6.45) is -3.07. The maximum Gasteiger partial charge on any atom is 0.401 e. The fraction of sp³-hybridized carbons (Fsp3) is 0.588. The summed E-state index contributed by atoms with van der Waals surface area (Å²) in [5.41, 5.74) is 0.597. The molecule has 1 aliphatic heterocycles. The molecule has 0 bridgehead atoms. The molecule has 1 atom stereocenters. The van der Waals surface area contributed by atoms with Gasteiger partial charge in [0.25, 0.3) is 0 Å². The van der Waals surface area contributed by atoms with Crippen LogP contribution in [-0.4, -0.2) is 55.8 Å². The van der Waals surface area contributed by atoms with Crippen molar-refractivity contribution in [3.63, 3.8) is 0 Å². The number of alkyl halides is 3. The minimum atomic E-state index is -4.17. The van der Waals surface area contributed by atoms with Gasteiger partial charge in [-0.3, -0.25) is 9.89 Å². The van der Waals surface area contributed by atoms with Gasteiger partial charge in [0.15, 0.2) is 5.96 Å². The summed E-state index contributed by atoms with van der Waals surface area (Å²) in [7, 11) is 0. The number of halogens is 5. The van der Waals surface area contributed by atoms with E-state index < -0.39 is 12.7 Å². The van der Waals surface area contributed by atoms with Crippen molar-refractivity contribution >= 4 is 29.9 Å². The maximum atomic E-state index is 13.6. The summed E-state index contributed by atoms with van der Waals surface area (Å²) in [4.78, 5) is 5.79. The fourth-order valence-electron chi connectivity index (χ4n) is 2.85. The summed E-state index contributed by atoms with van der Waals surface area (Å²) in [5, 5.41) is 6.25. The van der Waals surface area contributed by atoms with E-state index in [1.807, 2.05) is 6.92 Å². The molecule has 0 spiro atoms. The zero-order chi connectivity index (χ0) is 18.3. The first-order valence-electron chi connectivity index (χ1n) is 8.44. The second-order valence-electron chi connectivity index (χ2n) is 6.08. The normalized spacial score (nSPS) is 18.5. The van der Waals surface area contributed by atoms with E-state index in [4.69, 9.17) is 0 Å². The number of guanidine groups is 1. The van der Waals surface area contributed by atoms with Crippen molar-refractivity contribution in [2.24, 2.45) is 4.99 Å². The molecule has 2 rings (SSSR count). The minimum Gasteiger partial charge on any atom is -0.357 e. The van der Waals surface area contributed by atoms with E-state index in [1.54, 1.807) is 18.2 Å². The Morgan fingerprint density at radius 1 is 1.31 bits per heavy atom. The van der Waals surface area contributed by atoms with Crippen LogP contribution < -0.4 is 10.6 Å². The average molecular weight is 488 g/mol. The fourth-order valence-corrected chi connectivity index (χ4v) is 2.85. The lowest BCUT2D eigenvalue weighted by Gasteiger charge is -2.19. The summed E-state index contributed by atoms with van der Waals surface area (Å²) in [5.74, 6) is 0.298. The van der Waals surface area contributed by atoms with Gasteiger partial charge in [-0.1, -0.05) is 18.2 Å². The number of hydrogen-bond donors (Lipinski definition) is 2. The number of nitrogens with one attached hydrogen (secondary N) is 2. The molecule has 2 N–H and O–H groups in total. The zero-order valence-corrected chi connectivity index (χ0v) is 17.0. The lowest BCUT2D eigenvalue weighted by Crippen LogP contribution is -2.45. The van der Waals surface area contributed by atoms with Crippen molar-refractivity contribution < 1.29 is 17.6 Å². The zero-order valence-electron chi connectivity index (χ0n) is 14.7. The van der Waals surface area contributed by atoms with Gasteiger partial charge in [0.1, 0.15) is 5.82 Å². The number of rotatable bonds is 6. The highest BCUT2D eigenvalue weighted by Gasteiger charge is 2.34. The maximum absolute atomic E-state index is 13.6. The largest absolute Gasteiger partial charge is 0.401 e. The van der Waals surface area contributed by atoms with E-state index in [1.165, 1.54) is 11.0 Å². The first kappa shape index (κ1) is 22.9. The molecule has 1 aliphatic rings. The Morgan fingerprint density at radius 2 is 2.04 bits per heavy atom. The molecule has 0 aliphatic carbocycles. The second kappa shape index (κ2) is 10.9. The van der Waals surface area contributed by atoms with Crippen molar-refractivity contribution in [2.45, 2.75) is 32.0 Å². The Hall–Kier alpha value is -1.10. The van der Waals surface area contributed by atoms with Gasteiger partial charge >= 0.3 is 6.18 Å². The Labute approximate surface area is 168 Å². The second-order valence-corrected chi connectivity index (χ2v) is 6.08. The topological polar surface area (TPSA) is 39.7 Å². The summed E-state index contributed by atoms with van der Waals surface area (Å²) >= 11 is 0. The molecule has 9 heteroatoms. The lowest BCUT2D eigenvalue weighted by atomic mass is 10.1. The number of likely N-dealkylation sites (tertiary alicyclic amines) is 1. The van der Waals surface area contributed by atoms with Crippen molar-refractivity contribution in [1.82, 2.24) is 15.5 Å². The third-order valence-electron chi connectivity index (χ3n) is 3.97. The first-order valence-corrected chi connectivity index (χ1v) is 8.44. The van der Waals surface area contributed by atoms with Gasteiger partial charge in [0.05, 0.1) is 6.54 Å². The first-order chi connectivity index (χ1) is 11.9. The standard InChI is InChI=1S/C17H24F4N4.HI/c1-2-22-16(23-9-7-13-5-3-4-6-15(13)18)24-14-8-10-25(11-14)12-17(19,20)21;/h3-6,14H,2,7-12H2,1H3,(H2,22,23,24);1H. The molecular formula is C17H25F4IN4. The van der Waals surface area contributed by atoms with Crippen LogP contribution in [0, 0.1) is 5.82 Å². The number of aliphatic imine (C=N–C) groups is 1. The molecule has 148 valence electrons. The SMILES string of the molecule is CCNC(=NCCc1ccccc1F)NC1CCN(CC(F)(F)F)C1.I. The van der Waals surface area contributed by atoms with E-state index in [0.717, 1.165) is 0 Å². The predicted molar refractivity (Wildman–Crippen MR) is 106 cm³/mol. The van der Waals surface area contributed by atoms with Gasteiger partial charge in [0, 0.05) is 32.2 Å². The Bertz CT molecular complexity index is 580. The van der Waals surface area contributed by atoms with Gasteiger partial charge < -0.3 is 10.6 Å². The van der Waals surface area contributed by atoms with Crippen LogP contribution in [0.1, 0.15) is 18.9 Å². The molecule has 1 fully saturated rings. The molecule has 1 heterocycles. The molecule has 26 heavy (non-hydrogen) atoms. The summed E-state index contributed by atoms with van der Waals surface area (Å²) < 4.78 is 50.9. The van der Waals surface area contributed by atoms with Crippen LogP contribution in [0.15, 0.2) is 29.3 Å². The number of hydrogen-bond acceptors (Lipinski definition) is 2. The Morgan fingerprint density at radius 3 is 2.69 bits per heavy atom. The van der Waals surface area contributed by atoms with Crippen LogP contribution in [0.3, 0.4) is 0 Å². The van der Waals surface area contributed by atoms with E-state index in [-0.39, 0.29) is 35.8 Å². The van der Waals surface area contributed by atoms with Crippen molar-refractivity contribution in [2.75, 3.05) is 32.7 Å². The molecule has 1 saturated heterocycles. The van der Waals surface area contributed by atoms with Crippen molar-refractivity contribution in [1.29, 1.82) is 0 Å². The molecule has 0 saturated carbocycles. The van der Waals surface area contributed by atoms with E-state index in [0.29, 0.717) is 50.5 Å². The van der Waals surface area contributed by atoms with Crippen LogP contribution in [0.2, 0.25) is 0 Å². The van der Waals surface area contributed by atoms with Gasteiger partial charge in [0.2, 0.25) is 0 Å². The predicted octanol–water partition coefficient (Wildman–Crippen LogP) is 3.18. The molecule has 1 aromatic rings. The van der Waals surface area contributed by atoms with E-state index in [2.05, 4.69) is 15.6 Å². The Balaban J connectivity index is 0.00000338. The van der Waals surface area contributed by atoms with Gasteiger partial charge in [-0.2, -0.15) is 13.2 Å². The summed E-state index contributed by atoms with van der Waals surface area (Å²) in [6, 6.07) is 6.47. The Kier molecular flexibility index (Phi) is 9.62.